The van der Waals surface area contributed by atoms with E-state index < -0.39 is 0 Å². The summed E-state index contributed by atoms with van der Waals surface area (Å²) in [5.74, 6) is 0.144. The molecule has 1 spiro atoms. The lowest BCUT2D eigenvalue weighted by molar-refractivity contribution is -0.121. The molecular weight excluding hydrogens is 156 g/mol. The average Bonchev–Trinajstić information content (AvgIpc) is 2.39. The smallest absolute Gasteiger partial charge is 0.221 e. The van der Waals surface area contributed by atoms with Gasteiger partial charge in [0, 0.05) is 26.1 Å². The van der Waals surface area contributed by atoms with Gasteiger partial charge in [-0.05, 0) is 6.42 Å². The highest BCUT2D eigenvalue weighted by Gasteiger charge is 2.37. The van der Waals surface area contributed by atoms with Gasteiger partial charge in [-0.1, -0.05) is 0 Å². The van der Waals surface area contributed by atoms with E-state index in [0.717, 1.165) is 26.1 Å². The van der Waals surface area contributed by atoms with Crippen molar-refractivity contribution in [3.63, 3.8) is 0 Å². The molecular formula is C8H14N2O2. The van der Waals surface area contributed by atoms with Crippen molar-refractivity contribution in [3.05, 3.63) is 0 Å². The second-order valence-electron chi connectivity index (χ2n) is 3.54. The molecule has 2 aliphatic heterocycles. The van der Waals surface area contributed by atoms with Crippen LogP contribution in [0.1, 0.15) is 12.8 Å². The normalized spacial score (nSPS) is 36.5. The van der Waals surface area contributed by atoms with Crippen LogP contribution in [0.3, 0.4) is 0 Å². The Morgan fingerprint density at radius 2 is 2.33 bits per heavy atom. The van der Waals surface area contributed by atoms with Crippen molar-refractivity contribution in [2.24, 2.45) is 0 Å². The van der Waals surface area contributed by atoms with Crippen molar-refractivity contribution < 1.29 is 9.53 Å². The van der Waals surface area contributed by atoms with E-state index >= 15 is 0 Å². The Labute approximate surface area is 71.7 Å². The standard InChI is InChI=1S/C8H14N2O2/c11-7-5-8(1-4-12-6-8)10-3-2-9-7/h10H,1-6H2,(H,9,11). The maximum absolute atomic E-state index is 11.2. The zero-order chi connectivity index (χ0) is 8.44. The summed E-state index contributed by atoms with van der Waals surface area (Å²) in [6, 6.07) is 0. The molecule has 0 aromatic rings. The summed E-state index contributed by atoms with van der Waals surface area (Å²) >= 11 is 0. The van der Waals surface area contributed by atoms with Crippen LogP contribution in [0.2, 0.25) is 0 Å². The Morgan fingerprint density at radius 3 is 3.08 bits per heavy atom. The van der Waals surface area contributed by atoms with E-state index in [4.69, 9.17) is 4.74 Å². The maximum Gasteiger partial charge on any atom is 0.221 e. The number of hydrogen-bond donors (Lipinski definition) is 2. The molecule has 4 nitrogen and oxygen atoms in total. The van der Waals surface area contributed by atoms with Gasteiger partial charge in [0.05, 0.1) is 12.1 Å². The van der Waals surface area contributed by atoms with Crippen LogP contribution in [0.15, 0.2) is 0 Å². The lowest BCUT2D eigenvalue weighted by Crippen LogP contribution is -2.46. The lowest BCUT2D eigenvalue weighted by Gasteiger charge is -2.24. The van der Waals surface area contributed by atoms with Crippen LogP contribution in [0, 0.1) is 0 Å². The lowest BCUT2D eigenvalue weighted by atomic mass is 9.94. The number of ether oxygens (including phenoxy) is 1. The van der Waals surface area contributed by atoms with Gasteiger partial charge in [-0.2, -0.15) is 0 Å². The minimum absolute atomic E-state index is 0.0550. The minimum Gasteiger partial charge on any atom is -0.379 e. The molecule has 2 aliphatic rings. The highest BCUT2D eigenvalue weighted by atomic mass is 16.5. The van der Waals surface area contributed by atoms with Gasteiger partial charge in [0.25, 0.3) is 0 Å². The molecule has 0 saturated carbocycles. The molecule has 1 amide bonds. The average molecular weight is 170 g/mol. The van der Waals surface area contributed by atoms with Crippen LogP contribution < -0.4 is 10.6 Å². The van der Waals surface area contributed by atoms with Gasteiger partial charge in [0.1, 0.15) is 0 Å². The topological polar surface area (TPSA) is 50.4 Å². The van der Waals surface area contributed by atoms with Gasteiger partial charge >= 0.3 is 0 Å². The highest BCUT2D eigenvalue weighted by molar-refractivity contribution is 5.77. The van der Waals surface area contributed by atoms with Gasteiger partial charge in [-0.25, -0.2) is 0 Å². The largest absolute Gasteiger partial charge is 0.379 e. The molecule has 0 aromatic carbocycles. The molecule has 2 heterocycles. The fourth-order valence-corrected chi connectivity index (χ4v) is 1.85. The second-order valence-corrected chi connectivity index (χ2v) is 3.54. The van der Waals surface area contributed by atoms with Crippen LogP contribution in [-0.2, 0) is 9.53 Å². The first-order valence-corrected chi connectivity index (χ1v) is 4.40. The highest BCUT2D eigenvalue weighted by Crippen LogP contribution is 2.23. The van der Waals surface area contributed by atoms with E-state index in [1.54, 1.807) is 0 Å². The number of amides is 1. The predicted molar refractivity (Wildman–Crippen MR) is 43.8 cm³/mol. The third-order valence-corrected chi connectivity index (χ3v) is 2.55. The summed E-state index contributed by atoms with van der Waals surface area (Å²) in [5.41, 5.74) is -0.0550. The number of carbonyl (C=O) groups is 1. The summed E-state index contributed by atoms with van der Waals surface area (Å²) in [6.07, 6.45) is 1.52. The number of rotatable bonds is 0. The molecule has 1 unspecified atom stereocenters. The van der Waals surface area contributed by atoms with Crippen molar-refractivity contribution in [1.29, 1.82) is 0 Å². The van der Waals surface area contributed by atoms with E-state index in [2.05, 4.69) is 10.6 Å². The van der Waals surface area contributed by atoms with Crippen LogP contribution in [0.5, 0.6) is 0 Å². The van der Waals surface area contributed by atoms with Crippen molar-refractivity contribution >= 4 is 5.91 Å². The van der Waals surface area contributed by atoms with Gasteiger partial charge in [-0.15, -0.1) is 0 Å². The summed E-state index contributed by atoms with van der Waals surface area (Å²) in [4.78, 5) is 11.2. The number of nitrogens with one attached hydrogen (secondary N) is 2. The predicted octanol–water partition coefficient (Wildman–Crippen LogP) is -0.745. The van der Waals surface area contributed by atoms with Crippen LogP contribution in [-0.4, -0.2) is 37.7 Å². The zero-order valence-corrected chi connectivity index (χ0v) is 7.06. The van der Waals surface area contributed by atoms with Crippen LogP contribution in [0.25, 0.3) is 0 Å². The minimum atomic E-state index is -0.0550. The van der Waals surface area contributed by atoms with E-state index in [1.165, 1.54) is 0 Å². The van der Waals surface area contributed by atoms with Crippen LogP contribution in [0.4, 0.5) is 0 Å². The third kappa shape index (κ3) is 1.44. The fraction of sp³-hybridized carbons (Fsp3) is 0.875. The van der Waals surface area contributed by atoms with Crippen molar-refractivity contribution in [2.45, 2.75) is 18.4 Å². The first-order valence-electron chi connectivity index (χ1n) is 4.40. The zero-order valence-electron chi connectivity index (χ0n) is 7.06. The van der Waals surface area contributed by atoms with Gasteiger partial charge in [-0.3, -0.25) is 4.79 Å². The Bertz CT molecular complexity index is 187. The van der Waals surface area contributed by atoms with E-state index in [9.17, 15) is 4.79 Å². The molecule has 0 radical (unpaired) electrons. The Kier molecular flexibility index (Phi) is 2.02. The molecule has 2 saturated heterocycles. The molecule has 0 aromatic heterocycles. The molecule has 12 heavy (non-hydrogen) atoms. The quantitative estimate of drug-likeness (QED) is 0.503. The molecule has 68 valence electrons. The number of hydrogen-bond acceptors (Lipinski definition) is 3. The second kappa shape index (κ2) is 3.03. The molecule has 0 aliphatic carbocycles. The van der Waals surface area contributed by atoms with E-state index in [0.29, 0.717) is 13.0 Å². The Hall–Kier alpha value is -0.610. The van der Waals surface area contributed by atoms with Crippen molar-refractivity contribution in [2.75, 3.05) is 26.3 Å². The molecule has 2 fully saturated rings. The first-order chi connectivity index (χ1) is 5.81. The monoisotopic (exact) mass is 170 g/mol. The van der Waals surface area contributed by atoms with Gasteiger partial charge in [0.15, 0.2) is 0 Å². The van der Waals surface area contributed by atoms with Gasteiger partial charge in [0.2, 0.25) is 5.91 Å². The summed E-state index contributed by atoms with van der Waals surface area (Å²) in [5, 5.41) is 6.22. The molecule has 2 rings (SSSR count). The van der Waals surface area contributed by atoms with Crippen molar-refractivity contribution in [3.8, 4) is 0 Å². The Morgan fingerprint density at radius 1 is 1.42 bits per heavy atom. The third-order valence-electron chi connectivity index (χ3n) is 2.55. The summed E-state index contributed by atoms with van der Waals surface area (Å²) in [7, 11) is 0. The SMILES string of the molecule is O=C1CC2(CCOC2)NCCN1. The van der Waals surface area contributed by atoms with Crippen LogP contribution >= 0.6 is 0 Å². The van der Waals surface area contributed by atoms with E-state index in [-0.39, 0.29) is 11.4 Å². The Balaban J connectivity index is 2.07. The summed E-state index contributed by atoms with van der Waals surface area (Å²) < 4.78 is 5.30. The molecule has 0 bridgehead atoms. The summed E-state index contributed by atoms with van der Waals surface area (Å²) in [6.45, 7) is 3.05. The first kappa shape index (κ1) is 8.01. The maximum atomic E-state index is 11.2. The number of carbonyl (C=O) groups excluding carboxylic acids is 1. The molecule has 1 atom stereocenters. The molecule has 4 heteroatoms. The van der Waals surface area contributed by atoms with Crippen molar-refractivity contribution in [1.82, 2.24) is 10.6 Å². The fourth-order valence-electron chi connectivity index (χ4n) is 1.85. The molecule has 2 N–H and O–H groups in total. The van der Waals surface area contributed by atoms with E-state index in [1.807, 2.05) is 0 Å². The van der Waals surface area contributed by atoms with Gasteiger partial charge < -0.3 is 15.4 Å².